The van der Waals surface area contributed by atoms with Gasteiger partial charge < -0.3 is 5.32 Å². The number of nitrogens with zero attached hydrogens (tertiary/aromatic N) is 1. The third-order valence-electron chi connectivity index (χ3n) is 4.17. The summed E-state index contributed by atoms with van der Waals surface area (Å²) in [5.41, 5.74) is 1.50. The SMILES string of the molecule is CS(=O)(=O)Nc1ccccc1NC1CCN2CCCC12. The van der Waals surface area contributed by atoms with Gasteiger partial charge in [-0.1, -0.05) is 12.1 Å². The molecular weight excluding hydrogens is 274 g/mol. The second kappa shape index (κ2) is 5.26. The van der Waals surface area contributed by atoms with E-state index in [1.165, 1.54) is 25.6 Å². The van der Waals surface area contributed by atoms with E-state index in [1.54, 1.807) is 6.07 Å². The minimum atomic E-state index is -3.25. The summed E-state index contributed by atoms with van der Waals surface area (Å²) in [6.45, 7) is 2.34. The molecule has 1 aromatic rings. The van der Waals surface area contributed by atoms with Gasteiger partial charge in [0.2, 0.25) is 10.0 Å². The molecule has 2 unspecified atom stereocenters. The van der Waals surface area contributed by atoms with Crippen molar-refractivity contribution >= 4 is 21.4 Å². The Kier molecular flexibility index (Phi) is 3.60. The molecule has 2 fully saturated rings. The predicted octanol–water partition coefficient (Wildman–Crippen LogP) is 1.71. The van der Waals surface area contributed by atoms with Crippen LogP contribution >= 0.6 is 0 Å². The minimum Gasteiger partial charge on any atom is -0.379 e. The Morgan fingerprint density at radius 2 is 1.90 bits per heavy atom. The fourth-order valence-electron chi connectivity index (χ4n) is 3.35. The second-order valence-electron chi connectivity index (χ2n) is 5.70. The van der Waals surface area contributed by atoms with Crippen LogP contribution in [0.5, 0.6) is 0 Å². The molecule has 20 heavy (non-hydrogen) atoms. The summed E-state index contributed by atoms with van der Waals surface area (Å²) in [7, 11) is -3.25. The van der Waals surface area contributed by atoms with Crippen molar-refractivity contribution in [1.82, 2.24) is 4.90 Å². The first-order valence-corrected chi connectivity index (χ1v) is 8.99. The number of hydrogen-bond donors (Lipinski definition) is 2. The molecule has 0 amide bonds. The van der Waals surface area contributed by atoms with E-state index in [0.717, 1.165) is 18.7 Å². The van der Waals surface area contributed by atoms with E-state index in [9.17, 15) is 8.42 Å². The van der Waals surface area contributed by atoms with Crippen LogP contribution in [0.25, 0.3) is 0 Å². The summed E-state index contributed by atoms with van der Waals surface area (Å²) in [6, 6.07) is 8.52. The zero-order chi connectivity index (χ0) is 14.2. The van der Waals surface area contributed by atoms with Gasteiger partial charge in [0.1, 0.15) is 0 Å². The molecule has 110 valence electrons. The Hall–Kier alpha value is -1.27. The van der Waals surface area contributed by atoms with E-state index < -0.39 is 10.0 Å². The molecule has 2 N–H and O–H groups in total. The number of rotatable bonds is 4. The first-order chi connectivity index (χ1) is 9.53. The van der Waals surface area contributed by atoms with Crippen molar-refractivity contribution < 1.29 is 8.42 Å². The van der Waals surface area contributed by atoms with Crippen LogP contribution in [-0.4, -0.2) is 44.7 Å². The molecule has 6 heteroatoms. The van der Waals surface area contributed by atoms with E-state index in [2.05, 4.69) is 14.9 Å². The van der Waals surface area contributed by atoms with Crippen LogP contribution in [0.3, 0.4) is 0 Å². The zero-order valence-corrected chi connectivity index (χ0v) is 12.5. The van der Waals surface area contributed by atoms with Gasteiger partial charge in [-0.2, -0.15) is 0 Å². The molecule has 2 aliphatic rings. The Labute approximate surface area is 120 Å². The second-order valence-corrected chi connectivity index (χ2v) is 7.45. The van der Waals surface area contributed by atoms with Crippen LogP contribution in [0, 0.1) is 0 Å². The van der Waals surface area contributed by atoms with Crippen LogP contribution in [0.1, 0.15) is 19.3 Å². The van der Waals surface area contributed by atoms with Crippen molar-refractivity contribution in [2.75, 3.05) is 29.4 Å². The highest BCUT2D eigenvalue weighted by Crippen LogP contribution is 2.32. The molecule has 0 radical (unpaired) electrons. The third kappa shape index (κ3) is 2.91. The summed E-state index contributed by atoms with van der Waals surface area (Å²) in [6.07, 6.45) is 4.81. The van der Waals surface area contributed by atoms with E-state index >= 15 is 0 Å². The van der Waals surface area contributed by atoms with E-state index in [-0.39, 0.29) is 0 Å². The first-order valence-electron chi connectivity index (χ1n) is 7.10. The normalized spacial score (nSPS) is 26.4. The van der Waals surface area contributed by atoms with Crippen LogP contribution < -0.4 is 10.0 Å². The molecule has 0 aromatic heterocycles. The maximum absolute atomic E-state index is 11.4. The number of fused-ring (bicyclic) bond motifs is 1. The standard InChI is InChI=1S/C14H21N3O2S/c1-20(18,19)16-12-6-3-2-5-11(12)15-13-8-10-17-9-4-7-14(13)17/h2-3,5-6,13-16H,4,7-10H2,1H3. The molecule has 3 rings (SSSR count). The van der Waals surface area contributed by atoms with Gasteiger partial charge in [0.05, 0.1) is 17.6 Å². The summed E-state index contributed by atoms with van der Waals surface area (Å²) < 4.78 is 25.4. The lowest BCUT2D eigenvalue weighted by molar-refractivity contribution is 0.318. The Morgan fingerprint density at radius 1 is 1.15 bits per heavy atom. The van der Waals surface area contributed by atoms with E-state index in [0.29, 0.717) is 17.8 Å². The first kappa shape index (κ1) is 13.7. The van der Waals surface area contributed by atoms with Gasteiger partial charge in [-0.3, -0.25) is 9.62 Å². The lowest BCUT2D eigenvalue weighted by atomic mass is 10.1. The summed E-state index contributed by atoms with van der Waals surface area (Å²) in [4.78, 5) is 2.53. The lowest BCUT2D eigenvalue weighted by Gasteiger charge is -2.23. The smallest absolute Gasteiger partial charge is 0.229 e. The lowest BCUT2D eigenvalue weighted by Crippen LogP contribution is -2.34. The Bertz CT molecular complexity index is 588. The number of nitrogens with one attached hydrogen (secondary N) is 2. The molecule has 2 saturated heterocycles. The molecule has 1 aromatic carbocycles. The summed E-state index contributed by atoms with van der Waals surface area (Å²) >= 11 is 0. The molecular formula is C14H21N3O2S. The molecule has 2 atom stereocenters. The van der Waals surface area contributed by atoms with Crippen LogP contribution in [0.4, 0.5) is 11.4 Å². The van der Waals surface area contributed by atoms with Crippen molar-refractivity contribution in [3.63, 3.8) is 0 Å². The molecule has 5 nitrogen and oxygen atoms in total. The highest BCUT2D eigenvalue weighted by molar-refractivity contribution is 7.92. The van der Waals surface area contributed by atoms with Crippen LogP contribution in [0.2, 0.25) is 0 Å². The predicted molar refractivity (Wildman–Crippen MR) is 81.5 cm³/mol. The van der Waals surface area contributed by atoms with Crippen LogP contribution in [0.15, 0.2) is 24.3 Å². The van der Waals surface area contributed by atoms with Gasteiger partial charge in [-0.05, 0) is 37.9 Å². The molecule has 0 saturated carbocycles. The fourth-order valence-corrected chi connectivity index (χ4v) is 3.93. The third-order valence-corrected chi connectivity index (χ3v) is 4.76. The van der Waals surface area contributed by atoms with Gasteiger partial charge in [-0.15, -0.1) is 0 Å². The van der Waals surface area contributed by atoms with Gasteiger partial charge in [-0.25, -0.2) is 8.42 Å². The number of hydrogen-bond acceptors (Lipinski definition) is 4. The molecule has 0 aliphatic carbocycles. The quantitative estimate of drug-likeness (QED) is 0.887. The highest BCUT2D eigenvalue weighted by atomic mass is 32.2. The van der Waals surface area contributed by atoms with Gasteiger partial charge in [0.25, 0.3) is 0 Å². The number of anilines is 2. The van der Waals surface area contributed by atoms with Crippen molar-refractivity contribution in [3.8, 4) is 0 Å². The number of sulfonamides is 1. The van der Waals surface area contributed by atoms with Gasteiger partial charge >= 0.3 is 0 Å². The number of para-hydroxylation sites is 2. The van der Waals surface area contributed by atoms with Gasteiger partial charge in [0, 0.05) is 18.6 Å². The Balaban J connectivity index is 1.77. The monoisotopic (exact) mass is 295 g/mol. The highest BCUT2D eigenvalue weighted by Gasteiger charge is 2.37. The maximum Gasteiger partial charge on any atom is 0.229 e. The van der Waals surface area contributed by atoms with Gasteiger partial charge in [0.15, 0.2) is 0 Å². The topological polar surface area (TPSA) is 61.4 Å². The fraction of sp³-hybridized carbons (Fsp3) is 0.571. The summed E-state index contributed by atoms with van der Waals surface area (Å²) in [5.74, 6) is 0. The van der Waals surface area contributed by atoms with Crippen molar-refractivity contribution in [3.05, 3.63) is 24.3 Å². The molecule has 2 heterocycles. The van der Waals surface area contributed by atoms with E-state index in [4.69, 9.17) is 0 Å². The maximum atomic E-state index is 11.4. The molecule has 0 spiro atoms. The molecule has 0 bridgehead atoms. The van der Waals surface area contributed by atoms with Crippen molar-refractivity contribution in [1.29, 1.82) is 0 Å². The average molecular weight is 295 g/mol. The van der Waals surface area contributed by atoms with E-state index in [1.807, 2.05) is 18.2 Å². The van der Waals surface area contributed by atoms with Crippen molar-refractivity contribution in [2.24, 2.45) is 0 Å². The minimum absolute atomic E-state index is 0.417. The zero-order valence-electron chi connectivity index (χ0n) is 11.7. The van der Waals surface area contributed by atoms with Crippen molar-refractivity contribution in [2.45, 2.75) is 31.3 Å². The summed E-state index contributed by atoms with van der Waals surface area (Å²) in [5, 5.41) is 3.53. The molecule has 2 aliphatic heterocycles. The Morgan fingerprint density at radius 3 is 2.65 bits per heavy atom. The number of benzene rings is 1. The largest absolute Gasteiger partial charge is 0.379 e. The average Bonchev–Trinajstić information content (AvgIpc) is 2.94. The van der Waals surface area contributed by atoms with Crippen LogP contribution in [-0.2, 0) is 10.0 Å².